The van der Waals surface area contributed by atoms with E-state index in [9.17, 15) is 14.4 Å². The topological polar surface area (TPSA) is 187 Å². The maximum Gasteiger partial charge on any atom is 0.408 e. The first-order valence-electron chi connectivity index (χ1n) is 14.3. The van der Waals surface area contributed by atoms with Crippen LogP contribution in [0.3, 0.4) is 0 Å². The monoisotopic (exact) mass is 559 g/mol. The van der Waals surface area contributed by atoms with Crippen molar-refractivity contribution in [2.24, 2.45) is 34.2 Å². The van der Waals surface area contributed by atoms with E-state index in [4.69, 9.17) is 25.9 Å². The van der Waals surface area contributed by atoms with Crippen LogP contribution in [0.15, 0.2) is 11.2 Å². The van der Waals surface area contributed by atoms with Crippen LogP contribution in [0.2, 0.25) is 0 Å². The molecule has 0 aromatic carbocycles. The number of esters is 1. The summed E-state index contributed by atoms with van der Waals surface area (Å²) in [7, 11) is 1.25. The number of alkyl carbamates (subject to hydrolysis) is 1. The second-order valence-electron chi connectivity index (χ2n) is 12.9. The number of carbonyl (C=O) groups is 3. The van der Waals surface area contributed by atoms with Gasteiger partial charge in [-0.3, -0.25) is 9.79 Å². The van der Waals surface area contributed by atoms with E-state index in [1.165, 1.54) is 26.4 Å². The standard InChI is InChI=1S/C28H45N7O5/c1-27(2,3)40-26(38)35-21(22(36)34-20(23(37)39-4)6-5-7-31-25(29)30)11-19-15-32-24(33-19)28-12-16-8-17(13-28)10-18(9-16)14-28/h15-18,20-21H,5-14H2,1-4H3,(H,32,33)(H,34,36)(H,35,38)(H4,29,30,31)/t16?,17?,18?,20-,21-,28?/m0/s1. The summed E-state index contributed by atoms with van der Waals surface area (Å²) in [6.45, 7) is 5.54. The Morgan fingerprint density at radius 3 is 2.27 bits per heavy atom. The molecule has 40 heavy (non-hydrogen) atoms. The minimum Gasteiger partial charge on any atom is -0.467 e. The number of aromatic amines is 1. The number of hydrogen-bond donors (Lipinski definition) is 5. The SMILES string of the molecule is COC(=O)[C@H](CCCN=C(N)N)NC(=O)[C@H](Cc1cnc(C23CC4CC(CC(C4)C2)C3)[nH]1)NC(=O)OC(C)(C)C. The van der Waals surface area contributed by atoms with E-state index >= 15 is 0 Å². The van der Waals surface area contributed by atoms with Crippen LogP contribution in [0.4, 0.5) is 4.79 Å². The summed E-state index contributed by atoms with van der Waals surface area (Å²) in [5, 5.41) is 5.41. The minimum atomic E-state index is -1.01. The Bertz CT molecular complexity index is 1070. The molecule has 7 N–H and O–H groups in total. The molecule has 4 aliphatic carbocycles. The van der Waals surface area contributed by atoms with E-state index in [0.717, 1.165) is 48.5 Å². The molecule has 4 saturated carbocycles. The van der Waals surface area contributed by atoms with Crippen LogP contribution in [0, 0.1) is 17.8 Å². The Morgan fingerprint density at radius 2 is 1.73 bits per heavy atom. The number of nitrogens with one attached hydrogen (secondary N) is 3. The molecule has 12 nitrogen and oxygen atoms in total. The van der Waals surface area contributed by atoms with Crippen LogP contribution in [0.1, 0.15) is 83.7 Å². The van der Waals surface area contributed by atoms with Gasteiger partial charge in [-0.05, 0) is 89.9 Å². The number of rotatable bonds is 11. The van der Waals surface area contributed by atoms with Gasteiger partial charge in [-0.2, -0.15) is 0 Å². The number of ether oxygens (including phenoxy) is 2. The molecule has 1 aromatic heterocycles. The highest BCUT2D eigenvalue weighted by molar-refractivity contribution is 5.89. The van der Waals surface area contributed by atoms with Crippen molar-refractivity contribution in [3.8, 4) is 0 Å². The van der Waals surface area contributed by atoms with Gasteiger partial charge < -0.3 is 36.6 Å². The number of nitrogens with zero attached hydrogens (tertiary/aromatic N) is 2. The molecule has 4 fully saturated rings. The first kappa shape index (κ1) is 29.7. The van der Waals surface area contributed by atoms with Crippen molar-refractivity contribution >= 4 is 23.9 Å². The van der Waals surface area contributed by atoms with Crippen LogP contribution in [0.5, 0.6) is 0 Å². The number of imidazole rings is 1. The molecule has 0 saturated heterocycles. The highest BCUT2D eigenvalue weighted by Gasteiger charge is 2.53. The molecule has 1 aromatic rings. The summed E-state index contributed by atoms with van der Waals surface area (Å²) in [5.41, 5.74) is 10.8. The van der Waals surface area contributed by atoms with Crippen LogP contribution in [-0.2, 0) is 30.9 Å². The number of amides is 2. The Hall–Kier alpha value is -3.31. The first-order valence-corrected chi connectivity index (χ1v) is 14.3. The number of guanidine groups is 1. The van der Waals surface area contributed by atoms with E-state index in [-0.39, 0.29) is 24.2 Å². The highest BCUT2D eigenvalue weighted by atomic mass is 16.6. The van der Waals surface area contributed by atoms with Gasteiger partial charge in [-0.25, -0.2) is 14.6 Å². The number of aliphatic imine (C=N–C) groups is 1. The smallest absolute Gasteiger partial charge is 0.408 e. The summed E-state index contributed by atoms with van der Waals surface area (Å²) in [6, 6.07) is -1.94. The average Bonchev–Trinajstić information content (AvgIpc) is 3.32. The van der Waals surface area contributed by atoms with Gasteiger partial charge in [0.1, 0.15) is 23.5 Å². The normalized spacial score (nSPS) is 26.4. The zero-order valence-electron chi connectivity index (χ0n) is 24.1. The van der Waals surface area contributed by atoms with Crippen molar-refractivity contribution < 1.29 is 23.9 Å². The van der Waals surface area contributed by atoms with Gasteiger partial charge in [0, 0.05) is 30.3 Å². The first-order chi connectivity index (χ1) is 18.9. The van der Waals surface area contributed by atoms with Gasteiger partial charge in [0.15, 0.2) is 5.96 Å². The van der Waals surface area contributed by atoms with Crippen LogP contribution in [-0.4, -0.2) is 65.2 Å². The van der Waals surface area contributed by atoms with Gasteiger partial charge in [0.05, 0.1) is 7.11 Å². The fraction of sp³-hybridized carbons (Fsp3) is 0.750. The average molecular weight is 560 g/mol. The van der Waals surface area contributed by atoms with E-state index in [2.05, 4.69) is 20.6 Å². The molecule has 0 aliphatic heterocycles. The number of methoxy groups -OCH3 is 1. The molecule has 0 radical (unpaired) electrons. The maximum absolute atomic E-state index is 13.5. The Morgan fingerprint density at radius 1 is 1.10 bits per heavy atom. The summed E-state index contributed by atoms with van der Waals surface area (Å²) in [5.74, 6) is 2.13. The Labute approximate surface area is 235 Å². The number of hydrogen-bond acceptors (Lipinski definition) is 7. The molecule has 1 heterocycles. The number of H-pyrrole nitrogens is 1. The zero-order valence-corrected chi connectivity index (χ0v) is 24.1. The largest absolute Gasteiger partial charge is 0.467 e. The van der Waals surface area contributed by atoms with Crippen molar-refractivity contribution in [2.75, 3.05) is 13.7 Å². The lowest BCUT2D eigenvalue weighted by molar-refractivity contribution is -0.145. The van der Waals surface area contributed by atoms with Gasteiger partial charge in [0.2, 0.25) is 5.91 Å². The molecule has 12 heteroatoms. The molecule has 2 atom stereocenters. The fourth-order valence-corrected chi connectivity index (χ4v) is 7.18. The molecular formula is C28H45N7O5. The van der Waals surface area contributed by atoms with Gasteiger partial charge in [-0.1, -0.05) is 0 Å². The van der Waals surface area contributed by atoms with Crippen LogP contribution < -0.4 is 22.1 Å². The minimum absolute atomic E-state index is 0.0484. The number of nitrogens with two attached hydrogens (primary N) is 2. The van der Waals surface area contributed by atoms with Gasteiger partial charge in [0.25, 0.3) is 0 Å². The molecule has 4 aliphatic rings. The maximum atomic E-state index is 13.5. The van der Waals surface area contributed by atoms with E-state index in [1.807, 2.05) is 0 Å². The predicted molar refractivity (Wildman–Crippen MR) is 149 cm³/mol. The fourth-order valence-electron chi connectivity index (χ4n) is 7.18. The molecule has 5 rings (SSSR count). The van der Waals surface area contributed by atoms with Crippen molar-refractivity contribution in [3.05, 3.63) is 17.7 Å². The number of carbonyl (C=O) groups excluding carboxylic acids is 3. The third-order valence-corrected chi connectivity index (χ3v) is 8.35. The zero-order chi connectivity index (χ0) is 29.1. The lowest BCUT2D eigenvalue weighted by Crippen LogP contribution is -2.53. The quantitative estimate of drug-likeness (QED) is 0.118. The third kappa shape index (κ3) is 7.45. The second-order valence-corrected chi connectivity index (χ2v) is 12.9. The van der Waals surface area contributed by atoms with E-state index in [0.29, 0.717) is 13.0 Å². The summed E-state index contributed by atoms with van der Waals surface area (Å²) in [6.07, 6.45) is 9.38. The second kappa shape index (κ2) is 12.1. The van der Waals surface area contributed by atoms with Crippen molar-refractivity contribution in [1.82, 2.24) is 20.6 Å². The molecule has 222 valence electrons. The van der Waals surface area contributed by atoms with E-state index < -0.39 is 35.7 Å². The van der Waals surface area contributed by atoms with Crippen molar-refractivity contribution in [3.63, 3.8) is 0 Å². The lowest BCUT2D eigenvalue weighted by atomic mass is 9.49. The predicted octanol–water partition coefficient (Wildman–Crippen LogP) is 2.02. The number of aromatic nitrogens is 2. The summed E-state index contributed by atoms with van der Waals surface area (Å²) >= 11 is 0. The molecular weight excluding hydrogens is 514 g/mol. The third-order valence-electron chi connectivity index (χ3n) is 8.35. The Balaban J connectivity index is 1.48. The molecule has 4 bridgehead atoms. The van der Waals surface area contributed by atoms with Crippen LogP contribution in [0.25, 0.3) is 0 Å². The van der Waals surface area contributed by atoms with E-state index in [1.54, 1.807) is 27.0 Å². The Kier molecular flexibility index (Phi) is 8.94. The van der Waals surface area contributed by atoms with Gasteiger partial charge in [-0.15, -0.1) is 0 Å². The lowest BCUT2D eigenvalue weighted by Gasteiger charge is -2.56. The van der Waals surface area contributed by atoms with Crippen molar-refractivity contribution in [2.45, 2.75) is 102 Å². The molecule has 0 spiro atoms. The highest BCUT2D eigenvalue weighted by Crippen LogP contribution is 2.60. The van der Waals surface area contributed by atoms with Crippen LogP contribution >= 0.6 is 0 Å². The molecule has 2 amide bonds. The van der Waals surface area contributed by atoms with Gasteiger partial charge >= 0.3 is 12.1 Å². The summed E-state index contributed by atoms with van der Waals surface area (Å²) in [4.78, 5) is 50.8. The molecule has 0 unspecified atom stereocenters. The summed E-state index contributed by atoms with van der Waals surface area (Å²) < 4.78 is 10.3. The van der Waals surface area contributed by atoms with Crippen molar-refractivity contribution in [1.29, 1.82) is 0 Å².